The number of aliphatic hydroxyl groups excluding tert-OH is 4. The molecule has 2 aliphatic rings. The van der Waals surface area contributed by atoms with Crippen LogP contribution in [-0.4, -0.2) is 69.6 Å². The summed E-state index contributed by atoms with van der Waals surface area (Å²) in [5.41, 5.74) is -0.0523. The van der Waals surface area contributed by atoms with Gasteiger partial charge in [0.25, 0.3) is 0 Å². The van der Waals surface area contributed by atoms with Crippen LogP contribution in [0.2, 0.25) is 0 Å². The number of methoxy groups -OCH3 is 1. The highest BCUT2D eigenvalue weighted by molar-refractivity contribution is 5.81. The zero-order valence-corrected chi connectivity index (χ0v) is 15.8. The first-order chi connectivity index (χ1) is 13.4. The standard InChI is InChI=1S/C20H28O8/c1-27-13-6-5-11(20(19(25)26)7-3-2-4-8-20)9-12(13)18-17(24)16(23)15(22)14(10-21)28-18/h5-6,9,14-18,21-24H,2-4,7-8,10H2,1H3,(H,25,26)/t14-,15+,16+,17-,18+/m1/s1. The maximum atomic E-state index is 12.2. The minimum Gasteiger partial charge on any atom is -0.496 e. The lowest BCUT2D eigenvalue weighted by atomic mass is 9.69. The first-order valence-corrected chi connectivity index (χ1v) is 9.58. The van der Waals surface area contributed by atoms with Crippen LogP contribution < -0.4 is 4.74 Å². The Kier molecular flexibility index (Phi) is 6.26. The summed E-state index contributed by atoms with van der Waals surface area (Å²) in [6.07, 6.45) is -2.94. The predicted octanol–water partition coefficient (Wildman–Crippen LogP) is 0.497. The highest BCUT2D eigenvalue weighted by Crippen LogP contribution is 2.44. The Labute approximate surface area is 163 Å². The summed E-state index contributed by atoms with van der Waals surface area (Å²) in [6, 6.07) is 4.99. The van der Waals surface area contributed by atoms with E-state index in [2.05, 4.69) is 0 Å². The molecule has 156 valence electrons. The third-order valence-electron chi connectivity index (χ3n) is 6.10. The van der Waals surface area contributed by atoms with E-state index >= 15 is 0 Å². The van der Waals surface area contributed by atoms with Crippen molar-refractivity contribution >= 4 is 5.97 Å². The van der Waals surface area contributed by atoms with Crippen LogP contribution in [0.3, 0.4) is 0 Å². The van der Waals surface area contributed by atoms with Crippen molar-refractivity contribution in [2.24, 2.45) is 0 Å². The molecule has 1 aliphatic carbocycles. The molecule has 0 radical (unpaired) electrons. The Morgan fingerprint density at radius 3 is 2.39 bits per heavy atom. The van der Waals surface area contributed by atoms with E-state index in [0.717, 1.165) is 19.3 Å². The molecule has 1 aromatic rings. The second-order valence-corrected chi connectivity index (χ2v) is 7.65. The average molecular weight is 396 g/mol. The Morgan fingerprint density at radius 2 is 1.82 bits per heavy atom. The molecule has 8 nitrogen and oxygen atoms in total. The lowest BCUT2D eigenvalue weighted by Crippen LogP contribution is -2.55. The van der Waals surface area contributed by atoms with Gasteiger partial charge in [-0.2, -0.15) is 0 Å². The molecule has 0 spiro atoms. The van der Waals surface area contributed by atoms with Crippen molar-refractivity contribution in [1.29, 1.82) is 0 Å². The van der Waals surface area contributed by atoms with E-state index in [9.17, 15) is 30.3 Å². The van der Waals surface area contributed by atoms with Gasteiger partial charge < -0.3 is 35.0 Å². The summed E-state index contributed by atoms with van der Waals surface area (Å²) < 4.78 is 11.0. The Bertz CT molecular complexity index is 697. The maximum Gasteiger partial charge on any atom is 0.314 e. The Hall–Kier alpha value is -1.71. The molecule has 5 N–H and O–H groups in total. The summed E-state index contributed by atoms with van der Waals surface area (Å²) in [4.78, 5) is 12.2. The van der Waals surface area contributed by atoms with Gasteiger partial charge in [0.2, 0.25) is 0 Å². The molecule has 1 aliphatic heterocycles. The number of carbonyl (C=O) groups is 1. The van der Waals surface area contributed by atoms with Crippen molar-refractivity contribution < 1.29 is 39.8 Å². The number of ether oxygens (including phenoxy) is 2. The Morgan fingerprint density at radius 1 is 1.14 bits per heavy atom. The normalized spacial score (nSPS) is 32.7. The molecule has 0 bridgehead atoms. The van der Waals surface area contributed by atoms with Crippen LogP contribution in [0.25, 0.3) is 0 Å². The number of carboxylic acids is 1. The van der Waals surface area contributed by atoms with Crippen molar-refractivity contribution in [3.05, 3.63) is 29.3 Å². The summed E-state index contributed by atoms with van der Waals surface area (Å²) in [5, 5.41) is 50.0. The van der Waals surface area contributed by atoms with Crippen LogP contribution in [0.15, 0.2) is 18.2 Å². The average Bonchev–Trinajstić information content (AvgIpc) is 2.72. The van der Waals surface area contributed by atoms with Gasteiger partial charge in [0.1, 0.15) is 36.3 Å². The van der Waals surface area contributed by atoms with Crippen LogP contribution in [0, 0.1) is 0 Å². The molecule has 5 atom stereocenters. The Balaban J connectivity index is 2.05. The molecular weight excluding hydrogens is 368 g/mol. The molecule has 1 heterocycles. The predicted molar refractivity (Wildman–Crippen MR) is 98.1 cm³/mol. The van der Waals surface area contributed by atoms with Crippen molar-refractivity contribution in [2.75, 3.05) is 13.7 Å². The van der Waals surface area contributed by atoms with Crippen molar-refractivity contribution in [3.63, 3.8) is 0 Å². The number of hydrogen-bond donors (Lipinski definition) is 5. The summed E-state index contributed by atoms with van der Waals surface area (Å²) >= 11 is 0. The van der Waals surface area contributed by atoms with Crippen LogP contribution >= 0.6 is 0 Å². The lowest BCUT2D eigenvalue weighted by Gasteiger charge is -2.41. The SMILES string of the molecule is COc1ccc(C2(C(=O)O)CCCCC2)cc1[C@@H]1O[C@H](CO)[C@H](O)[C@H](O)[C@H]1O. The molecule has 1 saturated heterocycles. The van der Waals surface area contributed by atoms with Crippen LogP contribution in [-0.2, 0) is 14.9 Å². The lowest BCUT2D eigenvalue weighted by molar-refractivity contribution is -0.232. The van der Waals surface area contributed by atoms with E-state index < -0.39 is 48.5 Å². The van der Waals surface area contributed by atoms with E-state index in [1.807, 2.05) is 0 Å². The fraction of sp³-hybridized carbons (Fsp3) is 0.650. The quantitative estimate of drug-likeness (QED) is 0.485. The molecule has 2 fully saturated rings. The van der Waals surface area contributed by atoms with Gasteiger partial charge in [0.15, 0.2) is 0 Å². The topological polar surface area (TPSA) is 137 Å². The van der Waals surface area contributed by atoms with Gasteiger partial charge in [0.05, 0.1) is 19.1 Å². The van der Waals surface area contributed by atoms with Crippen molar-refractivity contribution in [1.82, 2.24) is 0 Å². The van der Waals surface area contributed by atoms with Crippen molar-refractivity contribution in [3.8, 4) is 5.75 Å². The third-order valence-corrected chi connectivity index (χ3v) is 6.10. The van der Waals surface area contributed by atoms with E-state index in [1.165, 1.54) is 7.11 Å². The van der Waals surface area contributed by atoms with Gasteiger partial charge >= 0.3 is 5.97 Å². The molecule has 8 heteroatoms. The molecule has 1 aromatic carbocycles. The number of hydrogen-bond acceptors (Lipinski definition) is 7. The van der Waals surface area contributed by atoms with E-state index in [0.29, 0.717) is 29.7 Å². The number of benzene rings is 1. The van der Waals surface area contributed by atoms with E-state index in [-0.39, 0.29) is 0 Å². The first-order valence-electron chi connectivity index (χ1n) is 9.58. The van der Waals surface area contributed by atoms with Gasteiger partial charge in [-0.3, -0.25) is 4.79 Å². The smallest absolute Gasteiger partial charge is 0.314 e. The largest absolute Gasteiger partial charge is 0.496 e. The number of rotatable bonds is 5. The van der Waals surface area contributed by atoms with E-state index in [1.54, 1.807) is 18.2 Å². The summed E-state index contributed by atoms with van der Waals surface area (Å²) in [5.74, 6) is -0.526. The number of aliphatic hydroxyl groups is 4. The molecule has 1 saturated carbocycles. The van der Waals surface area contributed by atoms with Gasteiger partial charge in [-0.05, 0) is 30.5 Å². The third kappa shape index (κ3) is 3.51. The fourth-order valence-electron chi connectivity index (χ4n) is 4.39. The monoisotopic (exact) mass is 396 g/mol. The second kappa shape index (κ2) is 8.34. The zero-order chi connectivity index (χ0) is 20.5. The molecule has 3 rings (SSSR count). The fourth-order valence-corrected chi connectivity index (χ4v) is 4.39. The second-order valence-electron chi connectivity index (χ2n) is 7.65. The van der Waals surface area contributed by atoms with Gasteiger partial charge in [-0.15, -0.1) is 0 Å². The van der Waals surface area contributed by atoms with Gasteiger partial charge in [-0.25, -0.2) is 0 Å². The van der Waals surface area contributed by atoms with Gasteiger partial charge in [0, 0.05) is 5.56 Å². The molecule has 28 heavy (non-hydrogen) atoms. The van der Waals surface area contributed by atoms with E-state index in [4.69, 9.17) is 9.47 Å². The van der Waals surface area contributed by atoms with Crippen LogP contribution in [0.4, 0.5) is 0 Å². The molecule has 0 amide bonds. The summed E-state index contributed by atoms with van der Waals surface area (Å²) in [7, 11) is 1.44. The number of aliphatic carboxylic acids is 1. The minimum absolute atomic E-state index is 0.365. The molecule has 0 unspecified atom stereocenters. The van der Waals surface area contributed by atoms with Gasteiger partial charge in [-0.1, -0.05) is 25.3 Å². The minimum atomic E-state index is -1.52. The maximum absolute atomic E-state index is 12.2. The molecule has 0 aromatic heterocycles. The zero-order valence-electron chi connectivity index (χ0n) is 15.8. The highest BCUT2D eigenvalue weighted by atomic mass is 16.5. The summed E-state index contributed by atoms with van der Waals surface area (Å²) in [6.45, 7) is -0.539. The van der Waals surface area contributed by atoms with Crippen LogP contribution in [0.1, 0.15) is 49.3 Å². The molecular formula is C20H28O8. The number of carboxylic acid groups (broad SMARTS) is 1. The van der Waals surface area contributed by atoms with Crippen LogP contribution in [0.5, 0.6) is 5.75 Å². The first kappa shape index (κ1) is 21.0. The van der Waals surface area contributed by atoms with Crippen molar-refractivity contribution in [2.45, 2.75) is 68.0 Å². The highest BCUT2D eigenvalue weighted by Gasteiger charge is 2.46.